The molecule has 7 nitrogen and oxygen atoms in total. The van der Waals surface area contributed by atoms with Crippen molar-refractivity contribution in [3.05, 3.63) is 66.0 Å². The molecular formula is C23H26N4O3S. The number of anilines is 1. The maximum atomic E-state index is 12.3. The minimum atomic E-state index is -3.45. The van der Waals surface area contributed by atoms with E-state index in [1.807, 2.05) is 30.5 Å². The monoisotopic (exact) mass is 438 g/mol. The molecule has 1 amide bonds. The van der Waals surface area contributed by atoms with Crippen LogP contribution in [0.15, 0.2) is 59.6 Å². The molecule has 2 aromatic carbocycles. The first kappa shape index (κ1) is 21.3. The Kier molecular flexibility index (Phi) is 6.20. The second kappa shape index (κ2) is 9.03. The van der Waals surface area contributed by atoms with E-state index in [1.165, 1.54) is 25.6 Å². The number of rotatable bonds is 7. The Morgan fingerprint density at radius 3 is 2.52 bits per heavy atom. The zero-order valence-electron chi connectivity index (χ0n) is 17.5. The van der Waals surface area contributed by atoms with Crippen LogP contribution in [0.1, 0.15) is 30.5 Å². The van der Waals surface area contributed by atoms with E-state index in [4.69, 9.17) is 0 Å². The van der Waals surface area contributed by atoms with Crippen molar-refractivity contribution >= 4 is 21.6 Å². The fourth-order valence-electron chi connectivity index (χ4n) is 3.80. The Labute approximate surface area is 182 Å². The molecule has 31 heavy (non-hydrogen) atoms. The van der Waals surface area contributed by atoms with Crippen molar-refractivity contribution in [3.63, 3.8) is 0 Å². The Bertz CT molecular complexity index is 1170. The molecular weight excluding hydrogens is 412 g/mol. The molecule has 2 heterocycles. The van der Waals surface area contributed by atoms with Crippen molar-refractivity contribution in [2.24, 2.45) is 0 Å². The number of benzene rings is 2. The Balaban J connectivity index is 1.33. The molecule has 0 unspecified atom stereocenters. The predicted octanol–water partition coefficient (Wildman–Crippen LogP) is 3.37. The highest BCUT2D eigenvalue weighted by Crippen LogP contribution is 2.25. The Hall–Kier alpha value is -2.97. The third-order valence-electron chi connectivity index (χ3n) is 5.57. The van der Waals surface area contributed by atoms with Gasteiger partial charge >= 0.3 is 0 Å². The molecule has 1 aliphatic heterocycles. The highest BCUT2D eigenvalue weighted by Gasteiger charge is 2.15. The number of carbonyl (C=O) groups excluding carboxylic acids is 1. The van der Waals surface area contributed by atoms with Crippen molar-refractivity contribution < 1.29 is 13.2 Å². The summed E-state index contributed by atoms with van der Waals surface area (Å²) in [5, 5.41) is 2.92. The van der Waals surface area contributed by atoms with Gasteiger partial charge in [0.15, 0.2) is 0 Å². The lowest BCUT2D eigenvalue weighted by Gasteiger charge is -2.16. The van der Waals surface area contributed by atoms with Crippen LogP contribution in [-0.2, 0) is 34.2 Å². The fourth-order valence-corrected chi connectivity index (χ4v) is 4.53. The van der Waals surface area contributed by atoms with E-state index < -0.39 is 10.0 Å². The Morgan fingerprint density at radius 1 is 1.06 bits per heavy atom. The van der Waals surface area contributed by atoms with Gasteiger partial charge in [-0.2, -0.15) is 0 Å². The largest absolute Gasteiger partial charge is 0.328 e. The fraction of sp³-hybridized carbons (Fsp3) is 0.304. The lowest BCUT2D eigenvalue weighted by atomic mass is 10.1. The molecule has 2 N–H and O–H groups in total. The number of hydrogen-bond acceptors (Lipinski definition) is 4. The molecule has 1 aliphatic rings. The van der Waals surface area contributed by atoms with Crippen LogP contribution in [0, 0.1) is 0 Å². The van der Waals surface area contributed by atoms with Gasteiger partial charge in [-0.3, -0.25) is 4.79 Å². The highest BCUT2D eigenvalue weighted by molar-refractivity contribution is 7.89. The first-order valence-electron chi connectivity index (χ1n) is 10.4. The minimum Gasteiger partial charge on any atom is -0.328 e. The normalized spacial score (nSPS) is 13.6. The topological polar surface area (TPSA) is 93.1 Å². The predicted molar refractivity (Wildman–Crippen MR) is 120 cm³/mol. The zero-order chi connectivity index (χ0) is 21.8. The smallest absolute Gasteiger partial charge is 0.240 e. The summed E-state index contributed by atoms with van der Waals surface area (Å²) in [7, 11) is -2.07. The summed E-state index contributed by atoms with van der Waals surface area (Å²) < 4.78 is 28.1. The number of sulfonamides is 1. The second-order valence-corrected chi connectivity index (χ2v) is 9.55. The lowest BCUT2D eigenvalue weighted by molar-refractivity contribution is -0.116. The maximum absolute atomic E-state index is 12.3. The summed E-state index contributed by atoms with van der Waals surface area (Å²) in [6.07, 6.45) is 6.28. The summed E-state index contributed by atoms with van der Waals surface area (Å²) in [4.78, 5) is 17.1. The number of aromatic nitrogens is 2. The quantitative estimate of drug-likeness (QED) is 0.592. The SMILES string of the molecule is CNS(=O)(=O)c1ccc(CCC(=O)Nc2ccc(-c3ncc4n3CCCC4)cc2)cc1. The molecule has 0 atom stereocenters. The molecule has 4 rings (SSSR count). The number of nitrogens with one attached hydrogen (secondary N) is 2. The van der Waals surface area contributed by atoms with Gasteiger partial charge in [0.1, 0.15) is 5.82 Å². The van der Waals surface area contributed by atoms with Crippen LogP contribution in [0.4, 0.5) is 5.69 Å². The van der Waals surface area contributed by atoms with Crippen LogP contribution >= 0.6 is 0 Å². The van der Waals surface area contributed by atoms with E-state index in [0.29, 0.717) is 12.8 Å². The first-order valence-corrected chi connectivity index (χ1v) is 11.9. The first-order chi connectivity index (χ1) is 15.0. The molecule has 0 bridgehead atoms. The molecule has 8 heteroatoms. The number of hydrogen-bond donors (Lipinski definition) is 2. The van der Waals surface area contributed by atoms with Gasteiger partial charge in [-0.25, -0.2) is 18.1 Å². The van der Waals surface area contributed by atoms with Gasteiger partial charge in [-0.15, -0.1) is 0 Å². The molecule has 3 aromatic rings. The standard InChI is InChI=1S/C23H26N4O3S/c1-24-31(29,30)21-12-5-17(6-13-21)7-14-22(28)26-19-10-8-18(9-11-19)23-25-16-20-4-2-3-15-27(20)23/h5-6,8-13,16,24H,2-4,7,14-15H2,1H3,(H,26,28). The van der Waals surface area contributed by atoms with Crippen molar-refractivity contribution in [1.82, 2.24) is 14.3 Å². The number of aryl methyl sites for hydroxylation is 2. The van der Waals surface area contributed by atoms with Gasteiger partial charge in [0.25, 0.3) is 0 Å². The summed E-state index contributed by atoms with van der Waals surface area (Å²) in [5.41, 5.74) is 3.98. The molecule has 0 fully saturated rings. The van der Waals surface area contributed by atoms with Crippen molar-refractivity contribution in [1.29, 1.82) is 0 Å². The number of imidazole rings is 1. The van der Waals surface area contributed by atoms with Gasteiger partial charge in [-0.1, -0.05) is 12.1 Å². The number of carbonyl (C=O) groups is 1. The van der Waals surface area contributed by atoms with Gasteiger partial charge in [-0.05, 0) is 74.7 Å². The van der Waals surface area contributed by atoms with Gasteiger partial charge in [0, 0.05) is 36.1 Å². The molecule has 0 aliphatic carbocycles. The highest BCUT2D eigenvalue weighted by atomic mass is 32.2. The van der Waals surface area contributed by atoms with Gasteiger partial charge in [0.2, 0.25) is 15.9 Å². The van der Waals surface area contributed by atoms with Gasteiger partial charge < -0.3 is 9.88 Å². The zero-order valence-corrected chi connectivity index (χ0v) is 18.3. The van der Waals surface area contributed by atoms with Gasteiger partial charge in [0.05, 0.1) is 4.90 Å². The van der Waals surface area contributed by atoms with Crippen LogP contribution in [-0.4, -0.2) is 30.9 Å². The van der Waals surface area contributed by atoms with Crippen LogP contribution < -0.4 is 10.0 Å². The molecule has 0 radical (unpaired) electrons. The summed E-state index contributed by atoms with van der Waals surface area (Å²) in [6, 6.07) is 14.3. The minimum absolute atomic E-state index is 0.0853. The molecule has 162 valence electrons. The van der Waals surface area contributed by atoms with Crippen LogP contribution in [0.3, 0.4) is 0 Å². The van der Waals surface area contributed by atoms with E-state index in [1.54, 1.807) is 24.3 Å². The van der Waals surface area contributed by atoms with E-state index in [9.17, 15) is 13.2 Å². The van der Waals surface area contributed by atoms with Crippen LogP contribution in [0.25, 0.3) is 11.4 Å². The molecule has 1 aromatic heterocycles. The molecule has 0 saturated heterocycles. The van der Waals surface area contributed by atoms with Crippen LogP contribution in [0.2, 0.25) is 0 Å². The van der Waals surface area contributed by atoms with E-state index in [2.05, 4.69) is 19.6 Å². The summed E-state index contributed by atoms with van der Waals surface area (Å²) >= 11 is 0. The van der Waals surface area contributed by atoms with Crippen molar-refractivity contribution in [2.75, 3.05) is 12.4 Å². The average Bonchev–Trinajstić information content (AvgIpc) is 3.23. The average molecular weight is 439 g/mol. The van der Waals surface area contributed by atoms with E-state index in [-0.39, 0.29) is 10.8 Å². The second-order valence-electron chi connectivity index (χ2n) is 7.66. The van der Waals surface area contributed by atoms with Crippen molar-refractivity contribution in [3.8, 4) is 11.4 Å². The summed E-state index contributed by atoms with van der Waals surface area (Å²) in [6.45, 7) is 1.00. The Morgan fingerprint density at radius 2 is 1.81 bits per heavy atom. The number of fused-ring (bicyclic) bond motifs is 1. The van der Waals surface area contributed by atoms with Crippen LogP contribution in [0.5, 0.6) is 0 Å². The summed E-state index contributed by atoms with van der Waals surface area (Å²) in [5.74, 6) is 0.897. The molecule has 0 saturated carbocycles. The van der Waals surface area contributed by atoms with E-state index in [0.717, 1.165) is 35.6 Å². The van der Waals surface area contributed by atoms with E-state index >= 15 is 0 Å². The number of nitrogens with zero attached hydrogens (tertiary/aromatic N) is 2. The molecule has 0 spiro atoms. The number of amides is 1. The van der Waals surface area contributed by atoms with Crippen molar-refractivity contribution in [2.45, 2.75) is 43.5 Å². The lowest BCUT2D eigenvalue weighted by Crippen LogP contribution is -2.18. The third kappa shape index (κ3) is 4.86. The maximum Gasteiger partial charge on any atom is 0.240 e. The third-order valence-corrected chi connectivity index (χ3v) is 7.00.